The molecule has 0 radical (unpaired) electrons. The van der Waals surface area contributed by atoms with E-state index in [2.05, 4.69) is 39.6 Å². The van der Waals surface area contributed by atoms with Crippen molar-refractivity contribution in [1.29, 1.82) is 0 Å². The van der Waals surface area contributed by atoms with E-state index in [1.807, 2.05) is 62.4 Å². The molecule has 2 heterocycles. The van der Waals surface area contributed by atoms with Crippen molar-refractivity contribution in [2.24, 2.45) is 0 Å². The second kappa shape index (κ2) is 10.7. The molecule has 182 valence electrons. The van der Waals surface area contributed by atoms with E-state index in [-0.39, 0.29) is 11.5 Å². The lowest BCUT2D eigenvalue weighted by Gasteiger charge is -2.18. The molecule has 1 atom stereocenters. The number of carbonyl (C=O) groups is 1. The third kappa shape index (κ3) is 5.33. The summed E-state index contributed by atoms with van der Waals surface area (Å²) < 4.78 is 3.00. The van der Waals surface area contributed by atoms with Crippen molar-refractivity contribution in [3.05, 3.63) is 88.0 Å². The van der Waals surface area contributed by atoms with Crippen molar-refractivity contribution in [3.8, 4) is 5.69 Å². The van der Waals surface area contributed by atoms with Crippen LogP contribution in [0.5, 0.6) is 0 Å². The molecular weight excluding hydrogens is 440 g/mol. The van der Waals surface area contributed by atoms with Crippen LogP contribution in [0.25, 0.3) is 16.6 Å². The standard InChI is InChI=1S/C27H32N6O2/c1-19-24-20(2)32(23-14-9-6-10-15-23)30-25(24)27(35)33(29-19)21(3)26(34)28-16-11-17-31(4)18-22-12-7-5-8-13-22/h5-10,12-15,21H,11,16-18H2,1-4H3,(H,28,34)/t21-/m1/s1. The molecule has 0 saturated carbocycles. The number of rotatable bonds is 9. The van der Waals surface area contributed by atoms with E-state index >= 15 is 0 Å². The van der Waals surface area contributed by atoms with Gasteiger partial charge in [0.25, 0.3) is 5.56 Å². The third-order valence-electron chi connectivity index (χ3n) is 6.20. The molecule has 4 rings (SSSR count). The zero-order chi connectivity index (χ0) is 24.9. The Bertz CT molecular complexity index is 1360. The van der Waals surface area contributed by atoms with Gasteiger partial charge in [-0.25, -0.2) is 9.36 Å². The van der Waals surface area contributed by atoms with E-state index in [4.69, 9.17) is 0 Å². The number of hydrogen-bond acceptors (Lipinski definition) is 5. The number of para-hydroxylation sites is 1. The predicted molar refractivity (Wildman–Crippen MR) is 138 cm³/mol. The Hall–Kier alpha value is -3.78. The molecule has 8 nitrogen and oxygen atoms in total. The number of nitrogens with one attached hydrogen (secondary N) is 1. The van der Waals surface area contributed by atoms with Crippen LogP contribution in [0.15, 0.2) is 65.5 Å². The number of aryl methyl sites for hydroxylation is 2. The molecule has 0 unspecified atom stereocenters. The SMILES string of the molecule is Cc1nn([C@H](C)C(=O)NCCCN(C)Cc2ccccc2)c(=O)c2nn(-c3ccccc3)c(C)c12. The summed E-state index contributed by atoms with van der Waals surface area (Å²) in [5.74, 6) is -0.233. The number of carbonyl (C=O) groups excluding carboxylic acids is 1. The van der Waals surface area contributed by atoms with Gasteiger partial charge in [-0.05, 0) is 58.5 Å². The van der Waals surface area contributed by atoms with Crippen molar-refractivity contribution in [3.63, 3.8) is 0 Å². The molecule has 1 N–H and O–H groups in total. The van der Waals surface area contributed by atoms with Gasteiger partial charge < -0.3 is 10.2 Å². The van der Waals surface area contributed by atoms with Crippen molar-refractivity contribution in [1.82, 2.24) is 29.8 Å². The maximum atomic E-state index is 13.3. The lowest BCUT2D eigenvalue weighted by molar-refractivity contribution is -0.124. The van der Waals surface area contributed by atoms with Gasteiger partial charge in [-0.1, -0.05) is 48.5 Å². The van der Waals surface area contributed by atoms with E-state index in [9.17, 15) is 9.59 Å². The number of aromatic nitrogens is 4. The quantitative estimate of drug-likeness (QED) is 0.378. The van der Waals surface area contributed by atoms with E-state index in [1.165, 1.54) is 10.2 Å². The minimum atomic E-state index is -0.741. The van der Waals surface area contributed by atoms with Gasteiger partial charge >= 0.3 is 0 Å². The van der Waals surface area contributed by atoms with Crippen LogP contribution >= 0.6 is 0 Å². The lowest BCUT2D eigenvalue weighted by atomic mass is 10.2. The van der Waals surface area contributed by atoms with Gasteiger partial charge in [0, 0.05) is 13.1 Å². The van der Waals surface area contributed by atoms with E-state index in [1.54, 1.807) is 11.6 Å². The number of hydrogen-bond donors (Lipinski definition) is 1. The van der Waals surface area contributed by atoms with Gasteiger partial charge in [0.15, 0.2) is 5.52 Å². The average Bonchev–Trinajstić information content (AvgIpc) is 3.22. The molecule has 0 saturated heterocycles. The van der Waals surface area contributed by atoms with Crippen molar-refractivity contribution >= 4 is 16.8 Å². The van der Waals surface area contributed by atoms with Gasteiger partial charge in [0.2, 0.25) is 5.91 Å². The molecule has 0 bridgehead atoms. The maximum absolute atomic E-state index is 13.3. The highest BCUT2D eigenvalue weighted by molar-refractivity contribution is 5.84. The second-order valence-corrected chi connectivity index (χ2v) is 8.94. The van der Waals surface area contributed by atoms with Gasteiger partial charge in [-0.15, -0.1) is 0 Å². The van der Waals surface area contributed by atoms with Gasteiger partial charge in [-0.2, -0.15) is 10.2 Å². The summed E-state index contributed by atoms with van der Waals surface area (Å²) in [5, 5.41) is 12.7. The van der Waals surface area contributed by atoms with Crippen LogP contribution in [-0.4, -0.2) is 50.5 Å². The number of amides is 1. The molecular formula is C27H32N6O2. The van der Waals surface area contributed by atoms with Crippen LogP contribution in [0.3, 0.4) is 0 Å². The summed E-state index contributed by atoms with van der Waals surface area (Å²) in [7, 11) is 2.06. The molecule has 1 amide bonds. The van der Waals surface area contributed by atoms with Crippen LogP contribution in [0.2, 0.25) is 0 Å². The predicted octanol–water partition coefficient (Wildman–Crippen LogP) is 3.40. The summed E-state index contributed by atoms with van der Waals surface area (Å²) in [6, 6.07) is 19.2. The van der Waals surface area contributed by atoms with Crippen LogP contribution in [0.4, 0.5) is 0 Å². The fourth-order valence-electron chi connectivity index (χ4n) is 4.33. The average molecular weight is 473 g/mol. The highest BCUT2D eigenvalue weighted by Gasteiger charge is 2.23. The largest absolute Gasteiger partial charge is 0.354 e. The molecule has 0 fully saturated rings. The monoisotopic (exact) mass is 472 g/mol. The van der Waals surface area contributed by atoms with Gasteiger partial charge in [0.05, 0.1) is 22.5 Å². The topological polar surface area (TPSA) is 85.1 Å². The number of fused-ring (bicyclic) bond motifs is 1. The minimum absolute atomic E-state index is 0.233. The summed E-state index contributed by atoms with van der Waals surface area (Å²) in [6.45, 7) is 7.70. The fraction of sp³-hybridized carbons (Fsp3) is 0.333. The van der Waals surface area contributed by atoms with Crippen LogP contribution in [-0.2, 0) is 11.3 Å². The first-order chi connectivity index (χ1) is 16.9. The summed E-state index contributed by atoms with van der Waals surface area (Å²) in [5.41, 5.74) is 3.59. The Labute approximate surface area is 205 Å². The number of nitrogens with zero attached hydrogens (tertiary/aromatic N) is 5. The molecule has 0 aliphatic heterocycles. The number of benzene rings is 2. The molecule has 8 heteroatoms. The molecule has 0 spiro atoms. The first-order valence-electron chi connectivity index (χ1n) is 11.9. The first-order valence-corrected chi connectivity index (χ1v) is 11.9. The highest BCUT2D eigenvalue weighted by Crippen LogP contribution is 2.21. The van der Waals surface area contributed by atoms with E-state index in [0.717, 1.165) is 36.3 Å². The Kier molecular flexibility index (Phi) is 7.41. The first kappa shape index (κ1) is 24.3. The van der Waals surface area contributed by atoms with Gasteiger partial charge in [0.1, 0.15) is 6.04 Å². The third-order valence-corrected chi connectivity index (χ3v) is 6.20. The molecule has 0 aliphatic carbocycles. The molecule has 2 aromatic heterocycles. The van der Waals surface area contributed by atoms with Gasteiger partial charge in [-0.3, -0.25) is 9.59 Å². The summed E-state index contributed by atoms with van der Waals surface area (Å²) in [4.78, 5) is 28.3. The van der Waals surface area contributed by atoms with Crippen LogP contribution < -0.4 is 10.9 Å². The molecule has 0 aliphatic rings. The summed E-state index contributed by atoms with van der Waals surface area (Å²) in [6.07, 6.45) is 0.808. The normalized spacial score (nSPS) is 12.3. The van der Waals surface area contributed by atoms with E-state index < -0.39 is 6.04 Å². The Morgan fingerprint density at radius 1 is 1.03 bits per heavy atom. The minimum Gasteiger partial charge on any atom is -0.354 e. The lowest BCUT2D eigenvalue weighted by Crippen LogP contribution is -2.38. The highest BCUT2D eigenvalue weighted by atomic mass is 16.2. The smallest absolute Gasteiger partial charge is 0.295 e. The van der Waals surface area contributed by atoms with Crippen LogP contribution in [0, 0.1) is 13.8 Å². The second-order valence-electron chi connectivity index (χ2n) is 8.94. The van der Waals surface area contributed by atoms with Crippen LogP contribution in [0.1, 0.15) is 36.3 Å². The Morgan fingerprint density at radius 2 is 1.69 bits per heavy atom. The Balaban J connectivity index is 1.42. The van der Waals surface area contributed by atoms with Crippen molar-refractivity contribution in [2.45, 2.75) is 39.8 Å². The summed E-state index contributed by atoms with van der Waals surface area (Å²) >= 11 is 0. The van der Waals surface area contributed by atoms with Crippen molar-refractivity contribution < 1.29 is 4.79 Å². The Morgan fingerprint density at radius 3 is 2.37 bits per heavy atom. The molecule has 4 aromatic rings. The zero-order valence-corrected chi connectivity index (χ0v) is 20.7. The maximum Gasteiger partial charge on any atom is 0.295 e. The fourth-order valence-corrected chi connectivity index (χ4v) is 4.33. The molecule has 2 aromatic carbocycles. The van der Waals surface area contributed by atoms with E-state index in [0.29, 0.717) is 17.8 Å². The molecule has 35 heavy (non-hydrogen) atoms. The van der Waals surface area contributed by atoms with Crippen molar-refractivity contribution in [2.75, 3.05) is 20.1 Å². The zero-order valence-electron chi connectivity index (χ0n) is 20.7.